The molecule has 0 heterocycles. The van der Waals surface area contributed by atoms with E-state index in [9.17, 15) is 13.2 Å². The minimum Gasteiger partial charge on any atom is -0.480 e. The number of aliphatic carboxylic acids is 1. The summed E-state index contributed by atoms with van der Waals surface area (Å²) in [6, 6.07) is 5.22. The first-order valence-electron chi connectivity index (χ1n) is 5.72. The maximum Gasteiger partial charge on any atom is 0.328 e. The summed E-state index contributed by atoms with van der Waals surface area (Å²) in [5, 5.41) is 11.7. The van der Waals surface area contributed by atoms with Gasteiger partial charge in [-0.1, -0.05) is 19.1 Å². The molecule has 19 heavy (non-hydrogen) atoms. The molecule has 0 amide bonds. The highest BCUT2D eigenvalue weighted by atomic mass is 32.2. The molecule has 0 aromatic heterocycles. The molecule has 0 bridgehead atoms. The Labute approximate surface area is 112 Å². The minimum atomic E-state index is -3.41. The first kappa shape index (κ1) is 15.5. The molecule has 0 saturated carbocycles. The van der Waals surface area contributed by atoms with Crippen molar-refractivity contribution < 1.29 is 23.1 Å². The maximum atomic E-state index is 11.9. The number of rotatable bonds is 7. The lowest BCUT2D eigenvalue weighted by Crippen LogP contribution is -2.34. The van der Waals surface area contributed by atoms with Gasteiger partial charge in [-0.2, -0.15) is 0 Å². The van der Waals surface area contributed by atoms with Gasteiger partial charge in [0, 0.05) is 7.11 Å². The Morgan fingerprint density at radius 1 is 1.42 bits per heavy atom. The van der Waals surface area contributed by atoms with Crippen molar-refractivity contribution in [2.24, 2.45) is 0 Å². The van der Waals surface area contributed by atoms with E-state index in [0.29, 0.717) is 0 Å². The van der Waals surface area contributed by atoms with E-state index in [1.807, 2.05) is 0 Å². The highest BCUT2D eigenvalue weighted by Crippen LogP contribution is 2.22. The Hall–Kier alpha value is -1.60. The fraction of sp³-hybridized carbons (Fsp3) is 0.417. The van der Waals surface area contributed by atoms with Crippen molar-refractivity contribution in [3.8, 4) is 0 Å². The molecule has 6 nitrogen and oxygen atoms in total. The number of nitrogens with one attached hydrogen (secondary N) is 1. The first-order valence-corrected chi connectivity index (χ1v) is 7.37. The molecule has 7 heteroatoms. The van der Waals surface area contributed by atoms with Crippen LogP contribution in [0.5, 0.6) is 0 Å². The number of ether oxygens (including phenoxy) is 1. The number of para-hydroxylation sites is 1. The summed E-state index contributed by atoms with van der Waals surface area (Å²) in [7, 11) is -2.03. The van der Waals surface area contributed by atoms with Crippen LogP contribution in [-0.4, -0.2) is 45.0 Å². The standard InChI is InChI=1S/C12H17NO5S/c1-3-19(16,17)11-7-5-4-6-9(11)13-10(8-18-2)12(14)15/h4-7,10,13H,3,8H2,1-2H3,(H,14,15). The van der Waals surface area contributed by atoms with Crippen LogP contribution in [0.4, 0.5) is 5.69 Å². The average molecular weight is 287 g/mol. The number of carboxylic acid groups (broad SMARTS) is 1. The van der Waals surface area contributed by atoms with Crippen LogP contribution < -0.4 is 5.32 Å². The normalized spacial score (nSPS) is 12.9. The molecule has 0 aliphatic carbocycles. The van der Waals surface area contributed by atoms with E-state index in [1.165, 1.54) is 26.2 Å². The van der Waals surface area contributed by atoms with E-state index in [2.05, 4.69) is 5.32 Å². The van der Waals surface area contributed by atoms with E-state index in [-0.39, 0.29) is 22.9 Å². The van der Waals surface area contributed by atoms with Gasteiger partial charge >= 0.3 is 5.97 Å². The van der Waals surface area contributed by atoms with Crippen LogP contribution in [0.25, 0.3) is 0 Å². The average Bonchev–Trinajstić information content (AvgIpc) is 2.38. The molecule has 0 radical (unpaired) electrons. The Morgan fingerprint density at radius 3 is 2.58 bits per heavy atom. The van der Waals surface area contributed by atoms with Gasteiger partial charge in [0.05, 0.1) is 22.9 Å². The van der Waals surface area contributed by atoms with Crippen LogP contribution >= 0.6 is 0 Å². The van der Waals surface area contributed by atoms with Crippen LogP contribution in [0.15, 0.2) is 29.2 Å². The van der Waals surface area contributed by atoms with Crippen LogP contribution in [0, 0.1) is 0 Å². The fourth-order valence-corrected chi connectivity index (χ4v) is 2.60. The predicted octanol–water partition coefficient (Wildman–Crippen LogP) is 0.992. The van der Waals surface area contributed by atoms with Crippen molar-refractivity contribution in [3.63, 3.8) is 0 Å². The summed E-state index contributed by atoms with van der Waals surface area (Å²) in [6.07, 6.45) is 0. The van der Waals surface area contributed by atoms with Crippen molar-refractivity contribution in [1.82, 2.24) is 0 Å². The lowest BCUT2D eigenvalue weighted by molar-refractivity contribution is -0.139. The highest BCUT2D eigenvalue weighted by molar-refractivity contribution is 7.91. The molecule has 1 aromatic rings. The van der Waals surface area contributed by atoms with Gasteiger partial charge in [0.15, 0.2) is 9.84 Å². The van der Waals surface area contributed by atoms with Gasteiger partial charge in [-0.05, 0) is 12.1 Å². The van der Waals surface area contributed by atoms with E-state index in [4.69, 9.17) is 9.84 Å². The first-order chi connectivity index (χ1) is 8.92. The van der Waals surface area contributed by atoms with E-state index < -0.39 is 21.8 Å². The van der Waals surface area contributed by atoms with Crippen LogP contribution in [0.2, 0.25) is 0 Å². The Kier molecular flexibility index (Phi) is 5.31. The molecular weight excluding hydrogens is 270 g/mol. The number of sulfone groups is 1. The van der Waals surface area contributed by atoms with E-state index >= 15 is 0 Å². The summed E-state index contributed by atoms with van der Waals surface area (Å²) in [6.45, 7) is 1.48. The minimum absolute atomic E-state index is 0.0479. The Balaban J connectivity index is 3.11. The van der Waals surface area contributed by atoms with Crippen molar-refractivity contribution in [2.45, 2.75) is 17.9 Å². The molecule has 1 aromatic carbocycles. The van der Waals surface area contributed by atoms with Crippen LogP contribution in [-0.2, 0) is 19.4 Å². The quantitative estimate of drug-likeness (QED) is 0.777. The monoisotopic (exact) mass is 287 g/mol. The number of benzene rings is 1. The topological polar surface area (TPSA) is 92.7 Å². The lowest BCUT2D eigenvalue weighted by atomic mass is 10.2. The number of carbonyl (C=O) groups is 1. The van der Waals surface area contributed by atoms with Gasteiger partial charge in [-0.15, -0.1) is 0 Å². The molecule has 0 aliphatic heterocycles. The molecule has 1 rings (SSSR count). The molecule has 0 saturated heterocycles. The van der Waals surface area contributed by atoms with Gasteiger partial charge in [0.2, 0.25) is 0 Å². The molecule has 2 N–H and O–H groups in total. The molecule has 106 valence electrons. The molecule has 1 unspecified atom stereocenters. The maximum absolute atomic E-state index is 11.9. The lowest BCUT2D eigenvalue weighted by Gasteiger charge is -2.17. The zero-order valence-electron chi connectivity index (χ0n) is 10.8. The zero-order chi connectivity index (χ0) is 14.5. The highest BCUT2D eigenvalue weighted by Gasteiger charge is 2.21. The van der Waals surface area contributed by atoms with Crippen LogP contribution in [0.3, 0.4) is 0 Å². The van der Waals surface area contributed by atoms with Crippen molar-refractivity contribution in [3.05, 3.63) is 24.3 Å². The van der Waals surface area contributed by atoms with E-state index in [1.54, 1.807) is 12.1 Å². The number of hydrogen-bond donors (Lipinski definition) is 2. The third-order valence-corrected chi connectivity index (χ3v) is 4.35. The summed E-state index contributed by atoms with van der Waals surface area (Å²) in [5.74, 6) is -1.15. The molecule has 0 spiro atoms. The Bertz CT molecular complexity index is 541. The van der Waals surface area contributed by atoms with Crippen molar-refractivity contribution >= 4 is 21.5 Å². The fourth-order valence-electron chi connectivity index (χ4n) is 1.54. The zero-order valence-corrected chi connectivity index (χ0v) is 11.6. The SMILES string of the molecule is CCS(=O)(=O)c1ccccc1NC(COC)C(=O)O. The summed E-state index contributed by atoms with van der Waals surface area (Å²) >= 11 is 0. The van der Waals surface area contributed by atoms with Crippen LogP contribution in [0.1, 0.15) is 6.92 Å². The third kappa shape index (κ3) is 3.93. The molecule has 0 fully saturated rings. The van der Waals surface area contributed by atoms with Gasteiger partial charge in [-0.25, -0.2) is 13.2 Å². The number of methoxy groups -OCH3 is 1. The van der Waals surface area contributed by atoms with Gasteiger partial charge < -0.3 is 15.2 Å². The molecule has 0 aliphatic rings. The van der Waals surface area contributed by atoms with Crippen molar-refractivity contribution in [2.75, 3.05) is 24.8 Å². The van der Waals surface area contributed by atoms with Crippen molar-refractivity contribution in [1.29, 1.82) is 0 Å². The second kappa shape index (κ2) is 6.53. The predicted molar refractivity (Wildman–Crippen MR) is 71.1 cm³/mol. The molecule has 1 atom stereocenters. The number of carboxylic acids is 1. The Morgan fingerprint density at radius 2 is 2.05 bits per heavy atom. The second-order valence-corrected chi connectivity index (χ2v) is 6.14. The third-order valence-electron chi connectivity index (χ3n) is 2.56. The summed E-state index contributed by atoms with van der Waals surface area (Å²) in [5.41, 5.74) is 0.272. The second-order valence-electron chi connectivity index (χ2n) is 3.89. The summed E-state index contributed by atoms with van der Waals surface area (Å²) < 4.78 is 28.6. The van der Waals surface area contributed by atoms with E-state index in [0.717, 1.165) is 0 Å². The van der Waals surface area contributed by atoms with Gasteiger partial charge in [0.25, 0.3) is 0 Å². The van der Waals surface area contributed by atoms with Gasteiger partial charge in [-0.3, -0.25) is 0 Å². The molecular formula is C12H17NO5S. The van der Waals surface area contributed by atoms with Gasteiger partial charge in [0.1, 0.15) is 6.04 Å². The largest absolute Gasteiger partial charge is 0.480 e. The smallest absolute Gasteiger partial charge is 0.328 e. The number of anilines is 1. The summed E-state index contributed by atoms with van der Waals surface area (Å²) in [4.78, 5) is 11.1. The number of hydrogen-bond acceptors (Lipinski definition) is 5.